The summed E-state index contributed by atoms with van der Waals surface area (Å²) < 4.78 is 13.7. The van der Waals surface area contributed by atoms with Crippen molar-refractivity contribution in [3.8, 4) is 0 Å². The first-order valence-electron chi connectivity index (χ1n) is 5.97. The maximum absolute atomic E-state index is 13.7. The summed E-state index contributed by atoms with van der Waals surface area (Å²) in [6.45, 7) is 2.19. The van der Waals surface area contributed by atoms with E-state index in [1.807, 2.05) is 35.7 Å². The molecule has 17 heavy (non-hydrogen) atoms. The molecule has 1 saturated heterocycles. The van der Waals surface area contributed by atoms with Crippen LogP contribution in [-0.2, 0) is 0 Å². The molecule has 4 heteroatoms. The largest absolute Gasteiger partial charge is 0.323 e. The second-order valence-corrected chi connectivity index (χ2v) is 6.83. The smallest absolute Gasteiger partial charge is 0.128 e. The molecule has 1 aliphatic heterocycles. The fraction of sp³-hybridized carbons (Fsp3) is 0.538. The Kier molecular flexibility index (Phi) is 4.77. The molecule has 0 aromatic heterocycles. The molecule has 0 amide bonds. The highest BCUT2D eigenvalue weighted by molar-refractivity contribution is 8.07. The second-order valence-electron chi connectivity index (χ2n) is 4.20. The van der Waals surface area contributed by atoms with E-state index in [0.717, 1.165) is 12.2 Å². The Hall–Kier alpha value is -0.190. The summed E-state index contributed by atoms with van der Waals surface area (Å²) in [4.78, 5) is 0. The van der Waals surface area contributed by atoms with Gasteiger partial charge in [-0.3, -0.25) is 0 Å². The van der Waals surface area contributed by atoms with Gasteiger partial charge in [0.05, 0.1) is 0 Å². The summed E-state index contributed by atoms with van der Waals surface area (Å²) in [5.41, 5.74) is 6.92. The Labute approximate surface area is 111 Å². The van der Waals surface area contributed by atoms with E-state index in [0.29, 0.717) is 16.1 Å². The van der Waals surface area contributed by atoms with Crippen LogP contribution in [0.4, 0.5) is 4.39 Å². The summed E-state index contributed by atoms with van der Waals surface area (Å²) in [6, 6.07) is 6.69. The maximum Gasteiger partial charge on any atom is 0.128 e. The third-order valence-corrected chi connectivity index (χ3v) is 6.48. The van der Waals surface area contributed by atoms with Crippen molar-refractivity contribution in [1.29, 1.82) is 0 Å². The van der Waals surface area contributed by atoms with Gasteiger partial charge in [0.1, 0.15) is 5.82 Å². The fourth-order valence-corrected chi connectivity index (χ4v) is 5.37. The topological polar surface area (TPSA) is 26.0 Å². The van der Waals surface area contributed by atoms with E-state index < -0.39 is 0 Å². The summed E-state index contributed by atoms with van der Waals surface area (Å²) in [7, 11) is 0. The average molecular weight is 271 g/mol. The first kappa shape index (κ1) is 13.2. The van der Waals surface area contributed by atoms with Gasteiger partial charge >= 0.3 is 0 Å². The van der Waals surface area contributed by atoms with E-state index in [-0.39, 0.29) is 11.9 Å². The lowest BCUT2D eigenvalue weighted by atomic mass is 10.0. The third-order valence-electron chi connectivity index (χ3n) is 3.11. The molecule has 0 radical (unpaired) electrons. The summed E-state index contributed by atoms with van der Waals surface area (Å²) in [6.07, 6.45) is 1.10. The SMILES string of the molecule is CCC1SCCSC1C(N)c1ccccc1F. The van der Waals surface area contributed by atoms with Gasteiger partial charge < -0.3 is 5.73 Å². The van der Waals surface area contributed by atoms with E-state index in [9.17, 15) is 4.39 Å². The third kappa shape index (κ3) is 2.98. The van der Waals surface area contributed by atoms with Crippen LogP contribution in [0.2, 0.25) is 0 Å². The molecule has 1 heterocycles. The van der Waals surface area contributed by atoms with Gasteiger partial charge in [0.15, 0.2) is 0 Å². The molecule has 0 saturated carbocycles. The molecule has 1 aromatic rings. The minimum Gasteiger partial charge on any atom is -0.323 e. The number of rotatable bonds is 3. The monoisotopic (exact) mass is 271 g/mol. The molecule has 1 fully saturated rings. The Balaban J connectivity index is 2.18. The molecule has 3 unspecified atom stereocenters. The minimum absolute atomic E-state index is 0.175. The molecular weight excluding hydrogens is 253 g/mol. The van der Waals surface area contributed by atoms with Crippen molar-refractivity contribution in [2.24, 2.45) is 5.73 Å². The van der Waals surface area contributed by atoms with E-state index in [1.165, 1.54) is 11.8 Å². The zero-order chi connectivity index (χ0) is 12.3. The Morgan fingerprint density at radius 2 is 2.06 bits per heavy atom. The number of benzene rings is 1. The van der Waals surface area contributed by atoms with Crippen LogP contribution in [0.3, 0.4) is 0 Å². The summed E-state index contributed by atoms with van der Waals surface area (Å²) >= 11 is 3.87. The molecular formula is C13H18FNS2. The van der Waals surface area contributed by atoms with Gasteiger partial charge in [0, 0.05) is 33.6 Å². The second kappa shape index (κ2) is 6.12. The van der Waals surface area contributed by atoms with Crippen LogP contribution in [0.15, 0.2) is 24.3 Å². The van der Waals surface area contributed by atoms with Crippen LogP contribution < -0.4 is 5.73 Å². The lowest BCUT2D eigenvalue weighted by Gasteiger charge is -2.34. The number of nitrogens with two attached hydrogens (primary N) is 1. The zero-order valence-electron chi connectivity index (χ0n) is 9.93. The van der Waals surface area contributed by atoms with Gasteiger partial charge in [0.2, 0.25) is 0 Å². The maximum atomic E-state index is 13.7. The first-order valence-corrected chi connectivity index (χ1v) is 8.07. The van der Waals surface area contributed by atoms with Crippen molar-refractivity contribution >= 4 is 23.5 Å². The Morgan fingerprint density at radius 3 is 2.76 bits per heavy atom. The van der Waals surface area contributed by atoms with Crippen LogP contribution in [0, 0.1) is 5.82 Å². The molecule has 1 nitrogen and oxygen atoms in total. The number of thioether (sulfide) groups is 2. The highest BCUT2D eigenvalue weighted by Crippen LogP contribution is 2.39. The molecule has 94 valence electrons. The van der Waals surface area contributed by atoms with Crippen molar-refractivity contribution < 1.29 is 4.39 Å². The van der Waals surface area contributed by atoms with Crippen LogP contribution >= 0.6 is 23.5 Å². The van der Waals surface area contributed by atoms with Crippen molar-refractivity contribution in [1.82, 2.24) is 0 Å². The lowest BCUT2D eigenvalue weighted by molar-refractivity contribution is 0.560. The van der Waals surface area contributed by atoms with Crippen molar-refractivity contribution in [3.63, 3.8) is 0 Å². The van der Waals surface area contributed by atoms with Crippen LogP contribution in [0.25, 0.3) is 0 Å². The molecule has 1 aliphatic rings. The van der Waals surface area contributed by atoms with Crippen LogP contribution in [-0.4, -0.2) is 22.0 Å². The zero-order valence-corrected chi connectivity index (χ0v) is 11.6. The normalized spacial score (nSPS) is 26.8. The fourth-order valence-electron chi connectivity index (χ4n) is 2.19. The van der Waals surface area contributed by atoms with Gasteiger partial charge in [0.25, 0.3) is 0 Å². The van der Waals surface area contributed by atoms with Gasteiger partial charge in [-0.2, -0.15) is 23.5 Å². The van der Waals surface area contributed by atoms with Crippen LogP contribution in [0.5, 0.6) is 0 Å². The Morgan fingerprint density at radius 1 is 1.35 bits per heavy atom. The van der Waals surface area contributed by atoms with Gasteiger partial charge in [-0.05, 0) is 12.5 Å². The molecule has 3 atom stereocenters. The first-order chi connectivity index (χ1) is 8.24. The molecule has 2 N–H and O–H groups in total. The van der Waals surface area contributed by atoms with Crippen LogP contribution in [0.1, 0.15) is 24.9 Å². The highest BCUT2D eigenvalue weighted by Gasteiger charge is 2.31. The lowest BCUT2D eigenvalue weighted by Crippen LogP contribution is -2.36. The highest BCUT2D eigenvalue weighted by atomic mass is 32.2. The summed E-state index contributed by atoms with van der Waals surface area (Å²) in [5, 5.41) is 0.874. The number of hydrogen-bond acceptors (Lipinski definition) is 3. The molecule has 0 bridgehead atoms. The van der Waals surface area contributed by atoms with E-state index >= 15 is 0 Å². The van der Waals surface area contributed by atoms with E-state index in [1.54, 1.807) is 6.07 Å². The molecule has 0 aliphatic carbocycles. The standard InChI is InChI=1S/C13H18FNS2/c1-2-11-13(17-8-7-16-11)12(15)9-5-3-4-6-10(9)14/h3-6,11-13H,2,7-8,15H2,1H3. The van der Waals surface area contributed by atoms with E-state index in [4.69, 9.17) is 5.73 Å². The summed E-state index contributed by atoms with van der Waals surface area (Å²) in [5.74, 6) is 2.13. The molecule has 2 rings (SSSR count). The van der Waals surface area contributed by atoms with Crippen molar-refractivity contribution in [2.75, 3.05) is 11.5 Å². The predicted molar refractivity (Wildman–Crippen MR) is 76.1 cm³/mol. The Bertz CT molecular complexity index is 372. The quantitative estimate of drug-likeness (QED) is 0.912. The number of halogens is 1. The van der Waals surface area contributed by atoms with Crippen molar-refractivity contribution in [2.45, 2.75) is 29.9 Å². The van der Waals surface area contributed by atoms with E-state index in [2.05, 4.69) is 6.92 Å². The van der Waals surface area contributed by atoms with Gasteiger partial charge in [-0.1, -0.05) is 25.1 Å². The predicted octanol–water partition coefficient (Wildman–Crippen LogP) is 3.45. The van der Waals surface area contributed by atoms with Gasteiger partial charge in [-0.15, -0.1) is 0 Å². The number of hydrogen-bond donors (Lipinski definition) is 1. The minimum atomic E-state index is -0.195. The average Bonchev–Trinajstić information content (AvgIpc) is 2.38. The molecule has 1 aromatic carbocycles. The molecule has 0 spiro atoms. The van der Waals surface area contributed by atoms with Gasteiger partial charge in [-0.25, -0.2) is 4.39 Å². The van der Waals surface area contributed by atoms with Crippen molar-refractivity contribution in [3.05, 3.63) is 35.6 Å².